The van der Waals surface area contributed by atoms with Crippen molar-refractivity contribution in [2.45, 2.75) is 51.1 Å². The van der Waals surface area contributed by atoms with Gasteiger partial charge in [-0.05, 0) is 38.8 Å². The van der Waals surface area contributed by atoms with Crippen molar-refractivity contribution in [1.29, 1.82) is 0 Å². The van der Waals surface area contributed by atoms with Crippen molar-refractivity contribution in [3.8, 4) is 0 Å². The van der Waals surface area contributed by atoms with Crippen LogP contribution in [0.3, 0.4) is 0 Å². The number of nitrogens with zero attached hydrogens (tertiary/aromatic N) is 2. The van der Waals surface area contributed by atoms with Crippen LogP contribution in [0.15, 0.2) is 0 Å². The highest BCUT2D eigenvalue weighted by Gasteiger charge is 2.34. The molecule has 104 valence electrons. The van der Waals surface area contributed by atoms with E-state index in [4.69, 9.17) is 0 Å². The average molecular weight is 253 g/mol. The van der Waals surface area contributed by atoms with Gasteiger partial charge in [0.1, 0.15) is 0 Å². The van der Waals surface area contributed by atoms with Gasteiger partial charge in [0.05, 0.1) is 6.04 Å². The molecule has 1 N–H and O–H groups in total. The predicted molar refractivity (Wildman–Crippen MR) is 73.5 cm³/mol. The summed E-state index contributed by atoms with van der Waals surface area (Å²) < 4.78 is 0. The monoisotopic (exact) mass is 253 g/mol. The van der Waals surface area contributed by atoms with Crippen molar-refractivity contribution < 1.29 is 4.79 Å². The first-order valence-corrected chi connectivity index (χ1v) is 7.44. The molecule has 4 heteroatoms. The van der Waals surface area contributed by atoms with Crippen LogP contribution in [0.5, 0.6) is 0 Å². The van der Waals surface area contributed by atoms with E-state index in [0.717, 1.165) is 39.0 Å². The Morgan fingerprint density at radius 2 is 2.22 bits per heavy atom. The summed E-state index contributed by atoms with van der Waals surface area (Å²) in [5.74, 6) is 0.319. The third-order valence-corrected chi connectivity index (χ3v) is 4.22. The topological polar surface area (TPSA) is 35.6 Å². The van der Waals surface area contributed by atoms with E-state index in [1.807, 2.05) is 11.9 Å². The number of amides is 1. The Bertz CT molecular complexity index is 276. The third kappa shape index (κ3) is 3.23. The smallest absolute Gasteiger partial charge is 0.239 e. The largest absolute Gasteiger partial charge is 0.344 e. The number of hydrogen-bond acceptors (Lipinski definition) is 3. The van der Waals surface area contributed by atoms with Crippen LogP contribution in [0.2, 0.25) is 0 Å². The summed E-state index contributed by atoms with van der Waals surface area (Å²) in [4.78, 5) is 16.4. The van der Waals surface area contributed by atoms with E-state index < -0.39 is 0 Å². The summed E-state index contributed by atoms with van der Waals surface area (Å²) in [6.07, 6.45) is 6.02. The van der Waals surface area contributed by atoms with Gasteiger partial charge in [0, 0.05) is 26.2 Å². The number of likely N-dealkylation sites (N-methyl/N-ethyl adjacent to an activating group) is 1. The van der Waals surface area contributed by atoms with E-state index >= 15 is 0 Å². The Balaban J connectivity index is 1.92. The van der Waals surface area contributed by atoms with Crippen molar-refractivity contribution in [3.63, 3.8) is 0 Å². The number of likely N-dealkylation sites (tertiary alicyclic amines) is 1. The molecule has 0 aliphatic carbocycles. The first kappa shape index (κ1) is 13.8. The van der Waals surface area contributed by atoms with E-state index in [1.54, 1.807) is 0 Å². The van der Waals surface area contributed by atoms with Gasteiger partial charge in [0.15, 0.2) is 0 Å². The normalized spacial score (nSPS) is 29.3. The first-order valence-electron chi connectivity index (χ1n) is 7.44. The fraction of sp³-hybridized carbons (Fsp3) is 0.929. The Labute approximate surface area is 111 Å². The van der Waals surface area contributed by atoms with Crippen molar-refractivity contribution in [1.82, 2.24) is 15.1 Å². The van der Waals surface area contributed by atoms with E-state index in [2.05, 4.69) is 17.1 Å². The van der Waals surface area contributed by atoms with Crippen LogP contribution in [-0.2, 0) is 4.79 Å². The molecular formula is C14H27N3O. The van der Waals surface area contributed by atoms with E-state index in [1.165, 1.54) is 19.3 Å². The predicted octanol–water partition coefficient (Wildman–Crippen LogP) is 1.07. The van der Waals surface area contributed by atoms with Crippen molar-refractivity contribution >= 4 is 5.91 Å². The maximum Gasteiger partial charge on any atom is 0.239 e. The van der Waals surface area contributed by atoms with E-state index in [-0.39, 0.29) is 6.04 Å². The highest BCUT2D eigenvalue weighted by molar-refractivity contribution is 5.83. The minimum atomic E-state index is 0.138. The maximum atomic E-state index is 12.1. The molecule has 2 unspecified atom stereocenters. The van der Waals surface area contributed by atoms with Crippen LogP contribution < -0.4 is 5.32 Å². The molecule has 2 rings (SSSR count). The standard InChI is InChI=1S/C14H27N3O/c1-3-9-17(11-12-6-4-5-8-15-12)13-7-10-16(2)14(13)18/h12-13,15H,3-11H2,1-2H3. The molecule has 2 saturated heterocycles. The van der Waals surface area contributed by atoms with Gasteiger partial charge in [-0.2, -0.15) is 0 Å². The molecule has 4 nitrogen and oxygen atoms in total. The molecule has 0 aromatic heterocycles. The molecular weight excluding hydrogens is 226 g/mol. The highest BCUT2D eigenvalue weighted by atomic mass is 16.2. The zero-order chi connectivity index (χ0) is 13.0. The van der Waals surface area contributed by atoms with Crippen LogP contribution in [-0.4, -0.2) is 61.0 Å². The van der Waals surface area contributed by atoms with Gasteiger partial charge in [-0.15, -0.1) is 0 Å². The number of rotatable bonds is 5. The van der Waals surface area contributed by atoms with Gasteiger partial charge in [-0.1, -0.05) is 13.3 Å². The van der Waals surface area contributed by atoms with Crippen LogP contribution >= 0.6 is 0 Å². The molecule has 18 heavy (non-hydrogen) atoms. The quantitative estimate of drug-likeness (QED) is 0.796. The summed E-state index contributed by atoms with van der Waals surface area (Å²) in [5.41, 5.74) is 0. The van der Waals surface area contributed by atoms with Gasteiger partial charge < -0.3 is 10.2 Å². The van der Waals surface area contributed by atoms with Crippen molar-refractivity contribution in [2.24, 2.45) is 0 Å². The van der Waals surface area contributed by atoms with Gasteiger partial charge >= 0.3 is 0 Å². The summed E-state index contributed by atoms with van der Waals surface area (Å²) in [6, 6.07) is 0.725. The zero-order valence-corrected chi connectivity index (χ0v) is 11.8. The SMILES string of the molecule is CCCN(CC1CCCCN1)C1CCN(C)C1=O. The molecule has 0 spiro atoms. The molecule has 2 aliphatic rings. The lowest BCUT2D eigenvalue weighted by molar-refractivity contribution is -0.131. The first-order chi connectivity index (χ1) is 8.72. The van der Waals surface area contributed by atoms with E-state index in [9.17, 15) is 4.79 Å². The lowest BCUT2D eigenvalue weighted by Gasteiger charge is -2.33. The Morgan fingerprint density at radius 3 is 2.78 bits per heavy atom. The molecule has 0 radical (unpaired) electrons. The average Bonchev–Trinajstić information content (AvgIpc) is 2.71. The Morgan fingerprint density at radius 1 is 1.39 bits per heavy atom. The number of hydrogen-bond donors (Lipinski definition) is 1. The van der Waals surface area contributed by atoms with Gasteiger partial charge in [0.25, 0.3) is 0 Å². The molecule has 2 aliphatic heterocycles. The minimum Gasteiger partial charge on any atom is -0.344 e. The molecule has 2 fully saturated rings. The Hall–Kier alpha value is -0.610. The summed E-state index contributed by atoms with van der Waals surface area (Å²) in [5, 5.41) is 3.59. The van der Waals surface area contributed by atoms with Crippen LogP contribution in [0.1, 0.15) is 39.0 Å². The van der Waals surface area contributed by atoms with Crippen LogP contribution in [0.4, 0.5) is 0 Å². The fourth-order valence-electron chi connectivity index (χ4n) is 3.17. The second-order valence-corrected chi connectivity index (χ2v) is 5.71. The minimum absolute atomic E-state index is 0.138. The number of carbonyl (C=O) groups excluding carboxylic acids is 1. The molecule has 1 amide bonds. The molecule has 2 atom stereocenters. The third-order valence-electron chi connectivity index (χ3n) is 4.22. The lowest BCUT2D eigenvalue weighted by Crippen LogP contribution is -2.49. The van der Waals surface area contributed by atoms with Crippen LogP contribution in [0.25, 0.3) is 0 Å². The molecule has 0 bridgehead atoms. The number of nitrogens with one attached hydrogen (secondary N) is 1. The van der Waals surface area contributed by atoms with Crippen molar-refractivity contribution in [3.05, 3.63) is 0 Å². The summed E-state index contributed by atoms with van der Waals surface area (Å²) in [7, 11) is 1.92. The number of carbonyl (C=O) groups is 1. The second kappa shape index (κ2) is 6.53. The fourth-order valence-corrected chi connectivity index (χ4v) is 3.17. The maximum absolute atomic E-state index is 12.1. The molecule has 0 saturated carbocycles. The highest BCUT2D eigenvalue weighted by Crippen LogP contribution is 2.18. The Kier molecular flexibility index (Phi) is 5.01. The van der Waals surface area contributed by atoms with Crippen molar-refractivity contribution in [2.75, 3.05) is 33.2 Å². The molecule has 0 aromatic carbocycles. The second-order valence-electron chi connectivity index (χ2n) is 5.71. The van der Waals surface area contributed by atoms with E-state index in [0.29, 0.717) is 11.9 Å². The summed E-state index contributed by atoms with van der Waals surface area (Å²) >= 11 is 0. The molecule has 2 heterocycles. The lowest BCUT2D eigenvalue weighted by atomic mass is 10.0. The van der Waals surface area contributed by atoms with Crippen LogP contribution in [0, 0.1) is 0 Å². The molecule has 0 aromatic rings. The van der Waals surface area contributed by atoms with Gasteiger partial charge in [0.2, 0.25) is 5.91 Å². The summed E-state index contributed by atoms with van der Waals surface area (Å²) in [6.45, 7) is 6.34. The zero-order valence-electron chi connectivity index (χ0n) is 11.8. The number of piperidine rings is 1. The van der Waals surface area contributed by atoms with Gasteiger partial charge in [-0.3, -0.25) is 9.69 Å². The van der Waals surface area contributed by atoms with Gasteiger partial charge in [-0.25, -0.2) is 0 Å².